The van der Waals surface area contributed by atoms with Crippen LogP contribution in [-0.4, -0.2) is 45.2 Å². The molecule has 5 heteroatoms. The van der Waals surface area contributed by atoms with Crippen LogP contribution in [-0.2, 0) is 9.59 Å². The summed E-state index contributed by atoms with van der Waals surface area (Å²) in [4.78, 5) is 19.5. The molecule has 50 valence electrons. The second kappa shape index (κ2) is 4.57. The number of carboxylic acid groups (broad SMARTS) is 2. The first-order chi connectivity index (χ1) is 3.55. The van der Waals surface area contributed by atoms with Crippen LogP contribution in [0, 0.1) is 5.92 Å². The largest absolute Gasteiger partial charge is 2.00 e. The van der Waals surface area contributed by atoms with Crippen molar-refractivity contribution in [2.45, 2.75) is 6.92 Å². The van der Waals surface area contributed by atoms with E-state index >= 15 is 0 Å². The number of rotatable bonds is 2. The number of hydrogen-bond donors (Lipinski definition) is 2. The van der Waals surface area contributed by atoms with Crippen LogP contribution in [0.15, 0.2) is 0 Å². The van der Waals surface area contributed by atoms with E-state index in [-0.39, 0.29) is 25.9 Å². The van der Waals surface area contributed by atoms with E-state index < -0.39 is 17.9 Å². The van der Waals surface area contributed by atoms with E-state index in [1.54, 1.807) is 0 Å². The molecule has 0 aliphatic rings. The van der Waals surface area contributed by atoms with E-state index in [0.717, 1.165) is 6.92 Å². The van der Waals surface area contributed by atoms with Crippen molar-refractivity contribution in [3.63, 3.8) is 0 Å². The van der Waals surface area contributed by atoms with Crippen molar-refractivity contribution >= 4 is 35.0 Å². The van der Waals surface area contributed by atoms with Gasteiger partial charge >= 0.3 is 35.0 Å². The van der Waals surface area contributed by atoms with Crippen LogP contribution in [0.2, 0.25) is 0 Å². The standard InChI is InChI=1S/C4H6O4.Mg.2H/c1-2(3(5)6)4(7)8;;;/h2H,1H3,(H,5,6)(H,7,8);;;/q;+2;2*-1. The minimum Gasteiger partial charge on any atom is -1.00 e. The molecular weight excluding hydrogens is 136 g/mol. The molecule has 0 aliphatic heterocycles. The third kappa shape index (κ3) is 4.23. The van der Waals surface area contributed by atoms with E-state index in [2.05, 4.69) is 0 Å². The van der Waals surface area contributed by atoms with Gasteiger partial charge in [-0.05, 0) is 6.92 Å². The maximum absolute atomic E-state index is 9.76. The molecule has 0 fully saturated rings. The molecule has 0 aromatic carbocycles. The Morgan fingerprint density at radius 3 is 1.56 bits per heavy atom. The molecule has 9 heavy (non-hydrogen) atoms. The Labute approximate surface area is 71.0 Å². The van der Waals surface area contributed by atoms with Crippen LogP contribution in [0.1, 0.15) is 9.78 Å². The van der Waals surface area contributed by atoms with Gasteiger partial charge in [0.1, 0.15) is 0 Å². The third-order valence-electron chi connectivity index (χ3n) is 0.741. The van der Waals surface area contributed by atoms with Gasteiger partial charge in [0.2, 0.25) is 0 Å². The van der Waals surface area contributed by atoms with Crippen LogP contribution in [0.3, 0.4) is 0 Å². The fourth-order valence-corrected chi connectivity index (χ4v) is 0.106. The fourth-order valence-electron chi connectivity index (χ4n) is 0.106. The van der Waals surface area contributed by atoms with Gasteiger partial charge < -0.3 is 13.1 Å². The predicted molar refractivity (Wildman–Crippen MR) is 32.4 cm³/mol. The molecule has 0 atom stereocenters. The van der Waals surface area contributed by atoms with Gasteiger partial charge in [0.25, 0.3) is 0 Å². The monoisotopic (exact) mass is 144 g/mol. The number of hydrogen-bond acceptors (Lipinski definition) is 2. The second-order valence-electron chi connectivity index (χ2n) is 1.40. The Morgan fingerprint density at radius 2 is 1.56 bits per heavy atom. The molecule has 2 N–H and O–H groups in total. The molecule has 0 saturated carbocycles. The second-order valence-corrected chi connectivity index (χ2v) is 1.40. The van der Waals surface area contributed by atoms with Crippen molar-refractivity contribution in [2.24, 2.45) is 5.92 Å². The molecule has 0 radical (unpaired) electrons. The zero-order valence-corrected chi connectivity index (χ0v) is 6.41. The average Bonchev–Trinajstić information content (AvgIpc) is 1.64. The summed E-state index contributed by atoms with van der Waals surface area (Å²) in [5.74, 6) is -3.91. The van der Waals surface area contributed by atoms with E-state index in [1.807, 2.05) is 0 Å². The van der Waals surface area contributed by atoms with Gasteiger partial charge in [0.15, 0.2) is 5.92 Å². The van der Waals surface area contributed by atoms with Crippen LogP contribution in [0.5, 0.6) is 0 Å². The summed E-state index contributed by atoms with van der Waals surface area (Å²) in [7, 11) is 0. The maximum atomic E-state index is 9.76. The molecule has 0 aromatic rings. The fraction of sp³-hybridized carbons (Fsp3) is 0.500. The Hall–Kier alpha value is -0.294. The summed E-state index contributed by atoms with van der Waals surface area (Å²) in [6.07, 6.45) is 0. The maximum Gasteiger partial charge on any atom is 2.00 e. The van der Waals surface area contributed by atoms with Crippen LogP contribution >= 0.6 is 0 Å². The van der Waals surface area contributed by atoms with Crippen molar-refractivity contribution in [1.82, 2.24) is 0 Å². The third-order valence-corrected chi connectivity index (χ3v) is 0.741. The van der Waals surface area contributed by atoms with Crippen molar-refractivity contribution in [3.8, 4) is 0 Å². The van der Waals surface area contributed by atoms with Gasteiger partial charge in [-0.3, -0.25) is 9.59 Å². The zero-order valence-electron chi connectivity index (χ0n) is 7.00. The van der Waals surface area contributed by atoms with Gasteiger partial charge in [0.05, 0.1) is 0 Å². The smallest absolute Gasteiger partial charge is 1.00 e. The van der Waals surface area contributed by atoms with E-state index in [4.69, 9.17) is 10.2 Å². The number of carbonyl (C=O) groups is 2. The van der Waals surface area contributed by atoms with Gasteiger partial charge in [-0.1, -0.05) is 0 Å². The number of aliphatic carboxylic acids is 2. The molecule has 0 bridgehead atoms. The topological polar surface area (TPSA) is 74.6 Å². The zero-order chi connectivity index (χ0) is 6.73. The van der Waals surface area contributed by atoms with E-state index in [9.17, 15) is 9.59 Å². The number of carboxylic acids is 2. The summed E-state index contributed by atoms with van der Waals surface area (Å²) < 4.78 is 0. The normalized spacial score (nSPS) is 8.22. The molecule has 0 rings (SSSR count). The summed E-state index contributed by atoms with van der Waals surface area (Å²) in [6.45, 7) is 1.12. The van der Waals surface area contributed by atoms with Gasteiger partial charge in [-0.2, -0.15) is 0 Å². The molecule has 0 saturated heterocycles. The minimum atomic E-state index is -1.31. The minimum absolute atomic E-state index is 0. The molecule has 0 amide bonds. The first kappa shape index (κ1) is 11.5. The van der Waals surface area contributed by atoms with Gasteiger partial charge in [0, 0.05) is 0 Å². The summed E-state index contributed by atoms with van der Waals surface area (Å²) in [6, 6.07) is 0. The van der Waals surface area contributed by atoms with E-state index in [1.165, 1.54) is 0 Å². The predicted octanol–water partition coefficient (Wildman–Crippen LogP) is -0.364. The SMILES string of the molecule is CC(C(=O)O)C(=O)O.[H-].[H-].[Mg+2]. The molecule has 0 spiro atoms. The van der Waals surface area contributed by atoms with Crippen LogP contribution in [0.25, 0.3) is 0 Å². The van der Waals surface area contributed by atoms with Gasteiger partial charge in [-0.15, -0.1) is 0 Å². The molecule has 0 heterocycles. The Balaban J connectivity index is -0.0000000817. The van der Waals surface area contributed by atoms with Crippen LogP contribution in [0.4, 0.5) is 0 Å². The van der Waals surface area contributed by atoms with Gasteiger partial charge in [-0.25, -0.2) is 0 Å². The van der Waals surface area contributed by atoms with E-state index in [0.29, 0.717) is 0 Å². The summed E-state index contributed by atoms with van der Waals surface area (Å²) in [5.41, 5.74) is 0. The summed E-state index contributed by atoms with van der Waals surface area (Å²) >= 11 is 0. The van der Waals surface area contributed by atoms with Crippen molar-refractivity contribution < 1.29 is 22.7 Å². The van der Waals surface area contributed by atoms with Crippen molar-refractivity contribution in [2.75, 3.05) is 0 Å². The average molecular weight is 144 g/mol. The molecule has 0 aromatic heterocycles. The molecular formula is C4H8MgO4. The first-order valence-electron chi connectivity index (χ1n) is 2.01. The first-order valence-corrected chi connectivity index (χ1v) is 2.01. The molecule has 0 aliphatic carbocycles. The van der Waals surface area contributed by atoms with Crippen molar-refractivity contribution in [1.29, 1.82) is 0 Å². The van der Waals surface area contributed by atoms with Crippen molar-refractivity contribution in [3.05, 3.63) is 0 Å². The summed E-state index contributed by atoms with van der Waals surface area (Å²) in [5, 5.41) is 15.9. The Kier molecular flexibility index (Phi) is 5.84. The quantitative estimate of drug-likeness (QED) is 0.410. The van der Waals surface area contributed by atoms with Crippen LogP contribution < -0.4 is 0 Å². The Bertz CT molecular complexity index is 115. The molecule has 4 nitrogen and oxygen atoms in total. The Morgan fingerprint density at radius 1 is 1.33 bits per heavy atom. The molecule has 0 unspecified atom stereocenters.